The highest BCUT2D eigenvalue weighted by molar-refractivity contribution is 5.99. The first-order valence-corrected chi connectivity index (χ1v) is 9.29. The van der Waals surface area contributed by atoms with E-state index in [2.05, 4.69) is 55.3 Å². The van der Waals surface area contributed by atoms with Gasteiger partial charge < -0.3 is 9.88 Å². The zero-order valence-corrected chi connectivity index (χ0v) is 15.8. The Morgan fingerprint density at radius 3 is 2.81 bits per heavy atom. The lowest BCUT2D eigenvalue weighted by Gasteiger charge is -2.17. The summed E-state index contributed by atoms with van der Waals surface area (Å²) in [6, 6.07) is 8.79. The van der Waals surface area contributed by atoms with Gasteiger partial charge in [-0.25, -0.2) is 4.98 Å². The summed E-state index contributed by atoms with van der Waals surface area (Å²) >= 11 is 0. The fourth-order valence-corrected chi connectivity index (χ4v) is 3.97. The summed E-state index contributed by atoms with van der Waals surface area (Å²) in [5.41, 5.74) is 7.01. The standard InChI is InChI=1S/C22H25N3O/c1-13(2)18-8-15(9-20-19(18)11-21(26)24-20)7-14(3)17-10-16-5-6-25(4)22(16)23-12-17/h5-6,8-10,12-14H,7,11H2,1-4H3,(H,24,26)/t14-/m1/s1. The monoisotopic (exact) mass is 347 g/mol. The SMILES string of the molecule is CC(C)c1cc(C[C@@H](C)c2cnc3c(ccn3C)c2)cc2c1CC(=O)N2. The lowest BCUT2D eigenvalue weighted by Crippen LogP contribution is -2.04. The Labute approximate surface area is 154 Å². The molecule has 4 heteroatoms. The normalized spacial score (nSPS) is 14.7. The van der Waals surface area contributed by atoms with Gasteiger partial charge in [0.25, 0.3) is 0 Å². The lowest BCUT2D eigenvalue weighted by molar-refractivity contribution is -0.115. The number of anilines is 1. The van der Waals surface area contributed by atoms with Gasteiger partial charge in [0.2, 0.25) is 5.91 Å². The van der Waals surface area contributed by atoms with Gasteiger partial charge in [-0.2, -0.15) is 0 Å². The molecule has 1 aliphatic heterocycles. The average molecular weight is 347 g/mol. The summed E-state index contributed by atoms with van der Waals surface area (Å²) in [4.78, 5) is 16.5. The summed E-state index contributed by atoms with van der Waals surface area (Å²) < 4.78 is 2.04. The number of aryl methyl sites for hydroxylation is 1. The Kier molecular flexibility index (Phi) is 4.06. The van der Waals surface area contributed by atoms with E-state index in [0.717, 1.165) is 17.8 Å². The van der Waals surface area contributed by atoms with Crippen molar-refractivity contribution in [2.45, 2.75) is 45.4 Å². The molecule has 0 unspecified atom stereocenters. The smallest absolute Gasteiger partial charge is 0.228 e. The second-order valence-electron chi connectivity index (χ2n) is 7.80. The van der Waals surface area contributed by atoms with Crippen molar-refractivity contribution in [1.82, 2.24) is 9.55 Å². The van der Waals surface area contributed by atoms with Crippen molar-refractivity contribution in [2.75, 3.05) is 5.32 Å². The summed E-state index contributed by atoms with van der Waals surface area (Å²) in [5, 5.41) is 4.20. The van der Waals surface area contributed by atoms with Crippen LogP contribution in [-0.4, -0.2) is 15.5 Å². The molecule has 0 saturated carbocycles. The Morgan fingerprint density at radius 2 is 2.04 bits per heavy atom. The molecule has 4 nitrogen and oxygen atoms in total. The highest BCUT2D eigenvalue weighted by Gasteiger charge is 2.23. The molecule has 0 spiro atoms. The molecule has 0 radical (unpaired) electrons. The molecule has 0 saturated heterocycles. The summed E-state index contributed by atoms with van der Waals surface area (Å²) in [6.07, 6.45) is 5.48. The van der Waals surface area contributed by atoms with E-state index in [0.29, 0.717) is 18.3 Å². The molecule has 0 bridgehead atoms. The first-order valence-electron chi connectivity index (χ1n) is 9.29. The molecular weight excluding hydrogens is 322 g/mol. The first-order chi connectivity index (χ1) is 12.4. The predicted molar refractivity (Wildman–Crippen MR) is 106 cm³/mol. The molecule has 3 aromatic rings. The molecule has 0 aliphatic carbocycles. The van der Waals surface area contributed by atoms with E-state index in [1.54, 1.807) is 0 Å². The van der Waals surface area contributed by atoms with Gasteiger partial charge in [0.05, 0.1) is 6.42 Å². The maximum atomic E-state index is 11.8. The van der Waals surface area contributed by atoms with Crippen molar-refractivity contribution >= 4 is 22.6 Å². The number of aromatic nitrogens is 2. The Bertz CT molecular complexity index is 1000. The van der Waals surface area contributed by atoms with Crippen LogP contribution in [0.15, 0.2) is 36.7 Å². The Balaban J connectivity index is 1.64. The van der Waals surface area contributed by atoms with Crippen molar-refractivity contribution in [3.8, 4) is 0 Å². The van der Waals surface area contributed by atoms with E-state index < -0.39 is 0 Å². The molecule has 4 rings (SSSR count). The number of rotatable bonds is 4. The van der Waals surface area contributed by atoms with Gasteiger partial charge in [0, 0.05) is 30.5 Å². The summed E-state index contributed by atoms with van der Waals surface area (Å²) in [5.74, 6) is 0.877. The van der Waals surface area contributed by atoms with Gasteiger partial charge in [-0.05, 0) is 58.7 Å². The largest absolute Gasteiger partial charge is 0.336 e. The molecular formula is C22H25N3O. The molecule has 1 N–H and O–H groups in total. The van der Waals surface area contributed by atoms with E-state index in [1.165, 1.54) is 27.6 Å². The molecule has 1 aromatic carbocycles. The third kappa shape index (κ3) is 2.90. The second kappa shape index (κ2) is 6.27. The van der Waals surface area contributed by atoms with Crippen molar-refractivity contribution in [1.29, 1.82) is 0 Å². The van der Waals surface area contributed by atoms with Crippen LogP contribution in [0.4, 0.5) is 5.69 Å². The van der Waals surface area contributed by atoms with Gasteiger partial charge in [-0.3, -0.25) is 4.79 Å². The van der Waals surface area contributed by atoms with Crippen LogP contribution in [0, 0.1) is 0 Å². The van der Waals surface area contributed by atoms with Crippen LogP contribution in [0.2, 0.25) is 0 Å². The Morgan fingerprint density at radius 1 is 1.23 bits per heavy atom. The van der Waals surface area contributed by atoms with Crippen LogP contribution in [-0.2, 0) is 24.7 Å². The molecule has 3 heterocycles. The minimum atomic E-state index is 0.103. The minimum absolute atomic E-state index is 0.103. The topological polar surface area (TPSA) is 46.9 Å². The van der Waals surface area contributed by atoms with E-state index in [4.69, 9.17) is 0 Å². The quantitative estimate of drug-likeness (QED) is 0.753. The van der Waals surface area contributed by atoms with Crippen molar-refractivity contribution in [2.24, 2.45) is 7.05 Å². The molecule has 1 atom stereocenters. The second-order valence-corrected chi connectivity index (χ2v) is 7.80. The molecule has 1 aliphatic rings. The van der Waals surface area contributed by atoms with Crippen molar-refractivity contribution in [3.05, 3.63) is 58.9 Å². The fraction of sp³-hybridized carbons (Fsp3) is 0.364. The van der Waals surface area contributed by atoms with Crippen LogP contribution in [0.1, 0.15) is 54.9 Å². The number of carbonyl (C=O) groups excluding carboxylic acids is 1. The van der Waals surface area contributed by atoms with E-state index >= 15 is 0 Å². The maximum Gasteiger partial charge on any atom is 0.228 e. The summed E-state index contributed by atoms with van der Waals surface area (Å²) in [7, 11) is 2.02. The summed E-state index contributed by atoms with van der Waals surface area (Å²) in [6.45, 7) is 6.63. The highest BCUT2D eigenvalue weighted by atomic mass is 16.1. The fourth-order valence-electron chi connectivity index (χ4n) is 3.97. The molecule has 0 fully saturated rings. The molecule has 2 aromatic heterocycles. The first kappa shape index (κ1) is 16.8. The lowest BCUT2D eigenvalue weighted by atomic mass is 9.89. The number of hydrogen-bond acceptors (Lipinski definition) is 2. The van der Waals surface area contributed by atoms with Crippen LogP contribution in [0.3, 0.4) is 0 Å². The van der Waals surface area contributed by atoms with Gasteiger partial charge in [0.15, 0.2) is 0 Å². The van der Waals surface area contributed by atoms with Crippen molar-refractivity contribution < 1.29 is 4.79 Å². The maximum absolute atomic E-state index is 11.8. The van der Waals surface area contributed by atoms with E-state index in [1.807, 2.05) is 24.0 Å². The van der Waals surface area contributed by atoms with Crippen LogP contribution in [0.5, 0.6) is 0 Å². The van der Waals surface area contributed by atoms with Gasteiger partial charge >= 0.3 is 0 Å². The number of fused-ring (bicyclic) bond motifs is 2. The van der Waals surface area contributed by atoms with Crippen molar-refractivity contribution in [3.63, 3.8) is 0 Å². The molecule has 1 amide bonds. The van der Waals surface area contributed by atoms with E-state index in [-0.39, 0.29) is 5.91 Å². The number of hydrogen-bond donors (Lipinski definition) is 1. The highest BCUT2D eigenvalue weighted by Crippen LogP contribution is 2.34. The number of amides is 1. The average Bonchev–Trinajstić information content (AvgIpc) is 3.15. The minimum Gasteiger partial charge on any atom is -0.336 e. The third-order valence-electron chi connectivity index (χ3n) is 5.42. The van der Waals surface area contributed by atoms with Gasteiger partial charge in [-0.15, -0.1) is 0 Å². The van der Waals surface area contributed by atoms with Gasteiger partial charge in [-0.1, -0.05) is 26.8 Å². The number of benzene rings is 1. The predicted octanol–water partition coefficient (Wildman–Crippen LogP) is 4.54. The third-order valence-corrected chi connectivity index (χ3v) is 5.42. The van der Waals surface area contributed by atoms with Crippen LogP contribution in [0.25, 0.3) is 11.0 Å². The number of pyridine rings is 1. The molecule has 26 heavy (non-hydrogen) atoms. The zero-order valence-electron chi connectivity index (χ0n) is 15.8. The number of nitrogens with zero attached hydrogens (tertiary/aromatic N) is 2. The van der Waals surface area contributed by atoms with E-state index in [9.17, 15) is 4.79 Å². The van der Waals surface area contributed by atoms with Gasteiger partial charge in [0.1, 0.15) is 5.65 Å². The van der Waals surface area contributed by atoms with Crippen LogP contribution < -0.4 is 5.32 Å². The Hall–Kier alpha value is -2.62. The van der Waals surface area contributed by atoms with Crippen LogP contribution >= 0.6 is 0 Å². The number of carbonyl (C=O) groups is 1. The number of nitrogens with one attached hydrogen (secondary N) is 1. The molecule has 134 valence electrons. The zero-order chi connectivity index (χ0) is 18.4.